The Morgan fingerprint density at radius 1 is 0.811 bits per heavy atom. The molecule has 1 unspecified atom stereocenters. The van der Waals surface area contributed by atoms with Crippen LogP contribution in [0, 0.1) is 0 Å². The molecule has 2 fully saturated rings. The van der Waals surface area contributed by atoms with Gasteiger partial charge >= 0.3 is 0 Å². The third-order valence-corrected chi connectivity index (χ3v) is 8.52. The Balaban J connectivity index is 1.19. The number of aromatic amines is 1. The molecule has 2 atom stereocenters. The van der Waals surface area contributed by atoms with Gasteiger partial charge in [-0.3, -0.25) is 9.79 Å². The summed E-state index contributed by atoms with van der Waals surface area (Å²) in [4.78, 5) is 21.2. The van der Waals surface area contributed by atoms with Crippen LogP contribution in [-0.4, -0.2) is 29.8 Å². The van der Waals surface area contributed by atoms with Crippen molar-refractivity contribution in [2.45, 2.75) is 44.2 Å². The third-order valence-electron chi connectivity index (χ3n) is 8.14. The van der Waals surface area contributed by atoms with Crippen molar-refractivity contribution in [1.82, 2.24) is 15.6 Å². The number of halogens is 1. The van der Waals surface area contributed by atoms with Crippen molar-refractivity contribution in [1.29, 1.82) is 0 Å². The average Bonchev–Trinajstić information content (AvgIpc) is 3.72. The minimum atomic E-state index is -0.103. The van der Waals surface area contributed by atoms with Crippen LogP contribution in [0.4, 0.5) is 0 Å². The molecule has 3 aliphatic heterocycles. The van der Waals surface area contributed by atoms with Crippen LogP contribution in [0.2, 0.25) is 5.02 Å². The number of hydrogen-bond acceptors (Lipinski definition) is 4. The summed E-state index contributed by atoms with van der Waals surface area (Å²) >= 11 is 6.48. The average molecular weight is 509 g/mol. The standard InChI is InChI=1S/C31H29ClN4O/c32-29-30(26-4-2-12-34-26)36-27-15-22(9-10-24(27)31(29)37)20-6-5-19-14-21(8-7-18(19)13-20)23-16-28(35-17-23)25-3-1-11-33-25/h5-10,13-15,17,25-26,33-34H,1-4,11-12,16H2,(H,36,37)/t25-,26?/m0/s1. The van der Waals surface area contributed by atoms with Crippen LogP contribution in [0.5, 0.6) is 0 Å². The summed E-state index contributed by atoms with van der Waals surface area (Å²) in [7, 11) is 0. The first-order chi connectivity index (χ1) is 18.1. The second kappa shape index (κ2) is 9.25. The number of hydrogen-bond donors (Lipinski definition) is 3. The minimum absolute atomic E-state index is 0.103. The summed E-state index contributed by atoms with van der Waals surface area (Å²) < 4.78 is 0. The molecule has 3 N–H and O–H groups in total. The lowest BCUT2D eigenvalue weighted by Crippen LogP contribution is -2.29. The summed E-state index contributed by atoms with van der Waals surface area (Å²) in [5, 5.41) is 10.3. The number of benzene rings is 3. The zero-order valence-corrected chi connectivity index (χ0v) is 21.4. The molecule has 4 heterocycles. The van der Waals surface area contributed by atoms with Gasteiger partial charge in [0, 0.05) is 35.8 Å². The molecule has 1 aromatic heterocycles. The summed E-state index contributed by atoms with van der Waals surface area (Å²) in [6, 6.07) is 19.8. The topological polar surface area (TPSA) is 69.3 Å². The maximum Gasteiger partial charge on any atom is 0.208 e. The molecule has 3 aromatic carbocycles. The Kier molecular flexibility index (Phi) is 5.73. The van der Waals surface area contributed by atoms with E-state index in [0.29, 0.717) is 16.5 Å². The molecule has 0 aliphatic carbocycles. The van der Waals surface area contributed by atoms with Crippen LogP contribution in [0.25, 0.3) is 38.4 Å². The molecule has 7 rings (SSSR count). The van der Waals surface area contributed by atoms with E-state index in [1.54, 1.807) is 0 Å². The van der Waals surface area contributed by atoms with Gasteiger partial charge in [0.05, 0.1) is 11.2 Å². The van der Waals surface area contributed by atoms with Gasteiger partial charge in [-0.15, -0.1) is 0 Å². The molecule has 3 aliphatic rings. The lowest BCUT2D eigenvalue weighted by molar-refractivity contribution is 0.630. The Bertz CT molecular complexity index is 1660. The maximum atomic E-state index is 13.0. The second-order valence-electron chi connectivity index (χ2n) is 10.5. The number of aliphatic imine (C=N–C) groups is 1. The van der Waals surface area contributed by atoms with Gasteiger partial charge in [-0.2, -0.15) is 0 Å². The Hall–Kier alpha value is -3.25. The van der Waals surface area contributed by atoms with Crippen LogP contribution >= 0.6 is 11.6 Å². The summed E-state index contributed by atoms with van der Waals surface area (Å²) in [6.45, 7) is 2.04. The lowest BCUT2D eigenvalue weighted by atomic mass is 9.95. The highest BCUT2D eigenvalue weighted by atomic mass is 35.5. The van der Waals surface area contributed by atoms with Gasteiger partial charge in [-0.05, 0) is 96.1 Å². The molecule has 0 spiro atoms. The lowest BCUT2D eigenvalue weighted by Gasteiger charge is -2.14. The Labute approximate surface area is 220 Å². The summed E-state index contributed by atoms with van der Waals surface area (Å²) in [5.41, 5.74) is 7.52. The zero-order chi connectivity index (χ0) is 24.9. The first-order valence-electron chi connectivity index (χ1n) is 13.3. The van der Waals surface area contributed by atoms with Gasteiger partial charge in [0.2, 0.25) is 5.43 Å². The van der Waals surface area contributed by atoms with Crippen molar-refractivity contribution in [3.8, 4) is 11.1 Å². The largest absolute Gasteiger partial charge is 0.356 e. The number of aromatic nitrogens is 1. The van der Waals surface area contributed by atoms with Crippen molar-refractivity contribution >= 4 is 44.6 Å². The van der Waals surface area contributed by atoms with Crippen molar-refractivity contribution in [3.63, 3.8) is 0 Å². The van der Waals surface area contributed by atoms with Crippen molar-refractivity contribution in [3.05, 3.63) is 87.3 Å². The molecule has 0 amide bonds. The molecule has 4 aromatic rings. The van der Waals surface area contributed by atoms with E-state index in [0.717, 1.165) is 54.7 Å². The van der Waals surface area contributed by atoms with Crippen LogP contribution in [-0.2, 0) is 0 Å². The SMILES string of the molecule is O=c1c(Cl)c(C2CCCN2)[nH]c2cc(-c3ccc4cc(C5=CN=C([C@@H]6CCCN6)C5)ccc4c3)ccc12. The number of allylic oxidation sites excluding steroid dienone is 1. The fraction of sp³-hybridized carbons (Fsp3) is 0.290. The number of pyridine rings is 1. The van der Waals surface area contributed by atoms with Gasteiger partial charge in [0.15, 0.2) is 0 Å². The van der Waals surface area contributed by atoms with Gasteiger partial charge in [0.1, 0.15) is 5.02 Å². The Morgan fingerprint density at radius 3 is 2.24 bits per heavy atom. The van der Waals surface area contributed by atoms with E-state index >= 15 is 0 Å². The van der Waals surface area contributed by atoms with Crippen LogP contribution in [0.1, 0.15) is 49.4 Å². The van der Waals surface area contributed by atoms with Crippen molar-refractivity contribution in [2.75, 3.05) is 13.1 Å². The zero-order valence-electron chi connectivity index (χ0n) is 20.6. The molecule has 5 nitrogen and oxygen atoms in total. The van der Waals surface area contributed by atoms with E-state index < -0.39 is 0 Å². The van der Waals surface area contributed by atoms with Crippen molar-refractivity contribution in [2.24, 2.45) is 4.99 Å². The van der Waals surface area contributed by atoms with E-state index in [2.05, 4.69) is 58.1 Å². The first kappa shape index (κ1) is 22.9. The molecule has 2 saturated heterocycles. The summed E-state index contributed by atoms with van der Waals surface area (Å²) in [6.07, 6.45) is 7.46. The summed E-state index contributed by atoms with van der Waals surface area (Å²) in [5.74, 6) is 0. The number of nitrogens with zero attached hydrogens (tertiary/aromatic N) is 1. The molecule has 186 valence electrons. The van der Waals surface area contributed by atoms with E-state index in [4.69, 9.17) is 16.6 Å². The quantitative estimate of drug-likeness (QED) is 0.300. The maximum absolute atomic E-state index is 13.0. The molecular formula is C31H29ClN4O. The van der Waals surface area contributed by atoms with Crippen LogP contribution in [0.3, 0.4) is 0 Å². The molecule has 0 saturated carbocycles. The minimum Gasteiger partial charge on any atom is -0.356 e. The number of nitrogens with one attached hydrogen (secondary N) is 3. The number of rotatable bonds is 4. The normalized spacial score (nSPS) is 21.6. The number of H-pyrrole nitrogens is 1. The molecule has 37 heavy (non-hydrogen) atoms. The fourth-order valence-corrected chi connectivity index (χ4v) is 6.35. The predicted molar refractivity (Wildman–Crippen MR) is 154 cm³/mol. The molecule has 6 heteroatoms. The Morgan fingerprint density at radius 2 is 1.49 bits per heavy atom. The van der Waals surface area contributed by atoms with Crippen molar-refractivity contribution < 1.29 is 0 Å². The highest BCUT2D eigenvalue weighted by Crippen LogP contribution is 2.33. The molecule has 0 radical (unpaired) electrons. The fourth-order valence-electron chi connectivity index (χ4n) is 6.07. The third kappa shape index (κ3) is 4.11. The number of fused-ring (bicyclic) bond motifs is 2. The van der Waals surface area contributed by atoms with Gasteiger partial charge in [0.25, 0.3) is 0 Å². The monoisotopic (exact) mass is 508 g/mol. The first-order valence-corrected chi connectivity index (χ1v) is 13.6. The highest BCUT2D eigenvalue weighted by Gasteiger charge is 2.24. The molecule has 0 bridgehead atoms. The van der Waals surface area contributed by atoms with Gasteiger partial charge < -0.3 is 15.6 Å². The second-order valence-corrected chi connectivity index (χ2v) is 10.8. The van der Waals surface area contributed by atoms with E-state index in [1.165, 1.54) is 40.5 Å². The van der Waals surface area contributed by atoms with Gasteiger partial charge in [-0.25, -0.2) is 0 Å². The predicted octanol–water partition coefficient (Wildman–Crippen LogP) is 6.36. The van der Waals surface area contributed by atoms with Crippen LogP contribution < -0.4 is 16.1 Å². The van der Waals surface area contributed by atoms with Crippen LogP contribution in [0.15, 0.2) is 70.6 Å². The van der Waals surface area contributed by atoms with Gasteiger partial charge in [-0.1, -0.05) is 41.9 Å². The van der Waals surface area contributed by atoms with E-state index in [-0.39, 0.29) is 11.5 Å². The smallest absolute Gasteiger partial charge is 0.208 e. The van der Waals surface area contributed by atoms with E-state index in [1.807, 2.05) is 18.3 Å². The van der Waals surface area contributed by atoms with E-state index in [9.17, 15) is 4.79 Å². The molecular weight excluding hydrogens is 480 g/mol. The highest BCUT2D eigenvalue weighted by molar-refractivity contribution is 6.31.